The Morgan fingerprint density at radius 1 is 1.11 bits per heavy atom. The zero-order valence-corrected chi connectivity index (χ0v) is 16.1. The van der Waals surface area contributed by atoms with Gasteiger partial charge in [0.25, 0.3) is 0 Å². The van der Waals surface area contributed by atoms with Gasteiger partial charge in [-0.05, 0) is 59.9 Å². The largest absolute Gasteiger partial charge is 0.482 e. The number of rotatable bonds is 10. The van der Waals surface area contributed by atoms with Crippen LogP contribution in [0.2, 0.25) is 0 Å². The quantitative estimate of drug-likeness (QED) is 0.652. The van der Waals surface area contributed by atoms with Gasteiger partial charge in [-0.1, -0.05) is 19.1 Å². The van der Waals surface area contributed by atoms with Crippen LogP contribution in [0.4, 0.5) is 0 Å². The lowest BCUT2D eigenvalue weighted by atomic mass is 9.99. The molecule has 1 aromatic heterocycles. The topological polar surface area (TPSA) is 92.7 Å². The number of Topliss-reactive ketones (excluding diaryl/α,β-unsaturated/α-hetero) is 1. The number of hydrogen-bond donors (Lipinski definition) is 2. The van der Waals surface area contributed by atoms with Crippen molar-refractivity contribution in [3.63, 3.8) is 0 Å². The Labute approximate surface area is 162 Å². The molecule has 1 heterocycles. The van der Waals surface area contributed by atoms with E-state index in [2.05, 4.69) is 5.32 Å². The van der Waals surface area contributed by atoms with Gasteiger partial charge in [-0.15, -0.1) is 0 Å². The normalized spacial score (nSPS) is 12.8. The molecule has 0 aliphatic heterocycles. The molecule has 0 saturated carbocycles. The van der Waals surface area contributed by atoms with Crippen LogP contribution in [0, 0.1) is 5.92 Å². The third-order valence-electron chi connectivity index (χ3n) is 4.10. The van der Waals surface area contributed by atoms with Crippen LogP contribution in [-0.2, 0) is 27.2 Å². The van der Waals surface area contributed by atoms with Crippen molar-refractivity contribution in [2.75, 3.05) is 6.61 Å². The fourth-order valence-electron chi connectivity index (χ4n) is 2.57. The number of benzene rings is 1. The number of carbonyl (C=O) groups is 3. The molecular weight excluding hydrogens is 366 g/mol. The first-order chi connectivity index (χ1) is 12.8. The summed E-state index contributed by atoms with van der Waals surface area (Å²) in [5.41, 5.74) is 1.96. The van der Waals surface area contributed by atoms with Crippen LogP contribution < -0.4 is 10.1 Å². The molecule has 2 atom stereocenters. The Bertz CT molecular complexity index is 770. The van der Waals surface area contributed by atoms with E-state index in [4.69, 9.17) is 9.84 Å². The molecule has 0 aliphatic carbocycles. The van der Waals surface area contributed by atoms with E-state index < -0.39 is 18.6 Å². The number of amides is 1. The van der Waals surface area contributed by atoms with Gasteiger partial charge in [0, 0.05) is 5.92 Å². The molecular formula is C20H23NO5S. The highest BCUT2D eigenvalue weighted by Gasteiger charge is 2.21. The molecule has 0 unspecified atom stereocenters. The van der Waals surface area contributed by atoms with Crippen LogP contribution in [0.5, 0.6) is 5.75 Å². The maximum absolute atomic E-state index is 12.4. The first kappa shape index (κ1) is 20.6. The van der Waals surface area contributed by atoms with E-state index in [0.29, 0.717) is 18.6 Å². The summed E-state index contributed by atoms with van der Waals surface area (Å²) in [7, 11) is 0. The summed E-state index contributed by atoms with van der Waals surface area (Å²) in [6.45, 7) is 2.89. The molecule has 7 heteroatoms. The zero-order valence-electron chi connectivity index (χ0n) is 15.3. The fraction of sp³-hybridized carbons (Fsp3) is 0.350. The Balaban J connectivity index is 1.93. The molecule has 27 heavy (non-hydrogen) atoms. The van der Waals surface area contributed by atoms with Crippen LogP contribution in [-0.4, -0.2) is 35.4 Å². The monoisotopic (exact) mass is 389 g/mol. The summed E-state index contributed by atoms with van der Waals surface area (Å²) >= 11 is 1.59. The molecule has 2 N–H and O–H groups in total. The second-order valence-electron chi connectivity index (χ2n) is 6.44. The predicted octanol–water partition coefficient (Wildman–Crippen LogP) is 2.71. The van der Waals surface area contributed by atoms with E-state index >= 15 is 0 Å². The lowest BCUT2D eigenvalue weighted by Gasteiger charge is -2.19. The number of aliphatic carboxylic acids is 1. The number of carboxylic acids is 1. The van der Waals surface area contributed by atoms with Crippen molar-refractivity contribution >= 4 is 29.0 Å². The summed E-state index contributed by atoms with van der Waals surface area (Å²) in [6, 6.07) is 8.20. The average Bonchev–Trinajstić information content (AvgIpc) is 3.13. The molecule has 0 spiro atoms. The van der Waals surface area contributed by atoms with Gasteiger partial charge >= 0.3 is 5.97 Å². The number of nitrogens with one attached hydrogen (secondary N) is 1. The molecule has 0 saturated heterocycles. The van der Waals surface area contributed by atoms with Crippen molar-refractivity contribution in [3.05, 3.63) is 52.2 Å². The molecule has 1 aromatic carbocycles. The minimum atomic E-state index is -1.05. The van der Waals surface area contributed by atoms with E-state index in [1.807, 2.05) is 23.8 Å². The van der Waals surface area contributed by atoms with E-state index in [0.717, 1.165) is 11.1 Å². The van der Waals surface area contributed by atoms with Gasteiger partial charge in [-0.3, -0.25) is 9.59 Å². The van der Waals surface area contributed by atoms with Crippen molar-refractivity contribution in [3.8, 4) is 5.75 Å². The van der Waals surface area contributed by atoms with Gasteiger partial charge in [-0.25, -0.2) is 4.79 Å². The summed E-state index contributed by atoms with van der Waals surface area (Å²) in [6.07, 6.45) is 1.00. The maximum Gasteiger partial charge on any atom is 0.341 e. The first-order valence-electron chi connectivity index (χ1n) is 8.60. The fourth-order valence-corrected chi connectivity index (χ4v) is 3.25. The second kappa shape index (κ2) is 9.87. The molecule has 2 rings (SSSR count). The maximum atomic E-state index is 12.4. The highest BCUT2D eigenvalue weighted by Crippen LogP contribution is 2.15. The van der Waals surface area contributed by atoms with Gasteiger partial charge in [0.05, 0.1) is 6.04 Å². The molecule has 0 fully saturated rings. The summed E-state index contributed by atoms with van der Waals surface area (Å²) < 4.78 is 5.09. The lowest BCUT2D eigenvalue weighted by molar-refractivity contribution is -0.139. The van der Waals surface area contributed by atoms with Crippen LogP contribution in [0.25, 0.3) is 0 Å². The van der Waals surface area contributed by atoms with E-state index in [1.54, 1.807) is 35.6 Å². The molecule has 144 valence electrons. The van der Waals surface area contributed by atoms with Crippen LogP contribution >= 0.6 is 11.3 Å². The predicted molar refractivity (Wildman–Crippen MR) is 103 cm³/mol. The Morgan fingerprint density at radius 3 is 2.37 bits per heavy atom. The van der Waals surface area contributed by atoms with E-state index in [-0.39, 0.29) is 17.6 Å². The SMILES string of the molecule is CC(=O)[C@H](Cc1ccc(OCC(=O)O)cc1)NC(=O)[C@@H](C)Cc1ccsc1. The van der Waals surface area contributed by atoms with Gasteiger partial charge in [0.15, 0.2) is 12.4 Å². The highest BCUT2D eigenvalue weighted by atomic mass is 32.1. The molecule has 0 aliphatic rings. The smallest absolute Gasteiger partial charge is 0.341 e. The third-order valence-corrected chi connectivity index (χ3v) is 4.83. The summed E-state index contributed by atoms with van der Waals surface area (Å²) in [4.78, 5) is 34.9. The van der Waals surface area contributed by atoms with E-state index in [1.165, 1.54) is 6.92 Å². The minimum absolute atomic E-state index is 0.114. The van der Waals surface area contributed by atoms with Crippen LogP contribution in [0.15, 0.2) is 41.1 Å². The Hall–Kier alpha value is -2.67. The Morgan fingerprint density at radius 2 is 1.81 bits per heavy atom. The standard InChI is InChI=1S/C20H23NO5S/c1-13(9-16-7-8-27-12-16)20(25)21-18(14(2)22)10-15-3-5-17(6-4-15)26-11-19(23)24/h3-8,12-13,18H,9-11H2,1-2H3,(H,21,25)(H,23,24)/t13-,18-/m0/s1. The molecule has 6 nitrogen and oxygen atoms in total. The first-order valence-corrected chi connectivity index (χ1v) is 9.55. The molecule has 2 aromatic rings. The van der Waals surface area contributed by atoms with Crippen molar-refractivity contribution in [2.45, 2.75) is 32.7 Å². The molecule has 0 bridgehead atoms. The zero-order chi connectivity index (χ0) is 19.8. The van der Waals surface area contributed by atoms with Gasteiger partial charge < -0.3 is 15.2 Å². The summed E-state index contributed by atoms with van der Waals surface area (Å²) in [5, 5.41) is 15.4. The third kappa shape index (κ3) is 6.86. The van der Waals surface area contributed by atoms with Crippen molar-refractivity contribution in [1.82, 2.24) is 5.32 Å². The second-order valence-corrected chi connectivity index (χ2v) is 7.22. The van der Waals surface area contributed by atoms with Gasteiger partial charge in [-0.2, -0.15) is 11.3 Å². The molecule has 1 amide bonds. The highest BCUT2D eigenvalue weighted by molar-refractivity contribution is 7.07. The number of ether oxygens (including phenoxy) is 1. The molecule has 0 radical (unpaired) electrons. The van der Waals surface area contributed by atoms with Crippen molar-refractivity contribution in [1.29, 1.82) is 0 Å². The number of carbonyl (C=O) groups excluding carboxylic acids is 2. The van der Waals surface area contributed by atoms with Crippen molar-refractivity contribution < 1.29 is 24.2 Å². The van der Waals surface area contributed by atoms with Crippen LogP contribution in [0.3, 0.4) is 0 Å². The van der Waals surface area contributed by atoms with Crippen LogP contribution in [0.1, 0.15) is 25.0 Å². The van der Waals surface area contributed by atoms with Gasteiger partial charge in [0.2, 0.25) is 5.91 Å². The van der Waals surface area contributed by atoms with Gasteiger partial charge in [0.1, 0.15) is 5.75 Å². The summed E-state index contributed by atoms with van der Waals surface area (Å²) in [5.74, 6) is -1.10. The van der Waals surface area contributed by atoms with E-state index in [9.17, 15) is 14.4 Å². The lowest BCUT2D eigenvalue weighted by Crippen LogP contribution is -2.44. The number of hydrogen-bond acceptors (Lipinski definition) is 5. The number of ketones is 1. The minimum Gasteiger partial charge on any atom is -0.482 e. The Kier molecular flexibility index (Phi) is 7.55. The number of thiophene rings is 1. The average molecular weight is 389 g/mol. The number of carboxylic acid groups (broad SMARTS) is 1. The van der Waals surface area contributed by atoms with Crippen molar-refractivity contribution in [2.24, 2.45) is 5.92 Å².